The first-order valence-corrected chi connectivity index (χ1v) is 16.8. The zero-order valence-corrected chi connectivity index (χ0v) is 26.4. The Bertz CT molecular complexity index is 2760. The lowest BCUT2D eigenvalue weighted by atomic mass is 9.92. The topological polar surface area (TPSA) is 9.86 Å². The Balaban J connectivity index is 1.14. The minimum Gasteiger partial charge on any atom is -0.309 e. The number of hydrogen-bond donors (Lipinski definition) is 0. The van der Waals surface area contributed by atoms with Crippen LogP contribution in [-0.4, -0.2) is 9.13 Å². The van der Waals surface area contributed by atoms with Crippen LogP contribution in [0.25, 0.3) is 76.9 Å². The van der Waals surface area contributed by atoms with Crippen molar-refractivity contribution in [2.45, 2.75) is 12.3 Å². The van der Waals surface area contributed by atoms with Gasteiger partial charge in [0, 0.05) is 38.5 Å². The minimum atomic E-state index is 0.413. The normalized spacial score (nSPS) is 14.6. The second kappa shape index (κ2) is 10.7. The Hall–Kier alpha value is -6.12. The lowest BCUT2D eigenvalue weighted by molar-refractivity contribution is 0.852. The molecule has 2 aromatic heterocycles. The average molecular weight is 613 g/mol. The van der Waals surface area contributed by atoms with Crippen molar-refractivity contribution in [3.8, 4) is 22.5 Å². The predicted molar refractivity (Wildman–Crippen MR) is 204 cm³/mol. The first-order chi connectivity index (χ1) is 23.8. The molecule has 10 rings (SSSR count). The second-order valence-electron chi connectivity index (χ2n) is 12.9. The van der Waals surface area contributed by atoms with Crippen LogP contribution in [0.2, 0.25) is 0 Å². The van der Waals surface area contributed by atoms with Gasteiger partial charge in [-0.15, -0.1) is 0 Å². The summed E-state index contributed by atoms with van der Waals surface area (Å²) in [7, 11) is 0. The van der Waals surface area contributed by atoms with Gasteiger partial charge in [-0.1, -0.05) is 121 Å². The zero-order chi connectivity index (χ0) is 31.6. The highest BCUT2D eigenvalue weighted by Crippen LogP contribution is 2.39. The summed E-state index contributed by atoms with van der Waals surface area (Å²) in [5.41, 5.74) is 11.1. The second-order valence-corrected chi connectivity index (χ2v) is 12.9. The number of benzene rings is 7. The first kappa shape index (κ1) is 27.0. The van der Waals surface area contributed by atoms with E-state index in [0.29, 0.717) is 5.92 Å². The van der Waals surface area contributed by atoms with Crippen molar-refractivity contribution in [1.82, 2.24) is 9.13 Å². The number of allylic oxidation sites excluding steroid dienone is 4. The largest absolute Gasteiger partial charge is 0.309 e. The first-order valence-electron chi connectivity index (χ1n) is 16.8. The highest BCUT2D eigenvalue weighted by atomic mass is 15.0. The standard InChI is InChI=1S/C46H32N2/c1-2-12-31(13-3-1)33-16-10-17-36(28-33)47-43-21-8-6-19-38(43)40-29-34(24-26-45(40)47)35-25-27-46-41(30-35)39-20-7-9-22-44(39)48(46)42-23-11-15-32-14-4-5-18-37(32)42/h1-12,14-31H,13H2. The molecule has 2 nitrogen and oxygen atoms in total. The molecule has 9 aromatic rings. The van der Waals surface area contributed by atoms with Gasteiger partial charge in [0.05, 0.1) is 27.8 Å². The van der Waals surface area contributed by atoms with Crippen molar-refractivity contribution in [3.05, 3.63) is 182 Å². The molecule has 1 unspecified atom stereocenters. The van der Waals surface area contributed by atoms with E-state index in [1.807, 2.05) is 0 Å². The van der Waals surface area contributed by atoms with E-state index in [1.54, 1.807) is 0 Å². The molecule has 0 aliphatic heterocycles. The molecule has 1 aliphatic rings. The highest BCUT2D eigenvalue weighted by molar-refractivity contribution is 6.13. The lowest BCUT2D eigenvalue weighted by Gasteiger charge is -2.16. The van der Waals surface area contributed by atoms with Crippen molar-refractivity contribution < 1.29 is 0 Å². The summed E-state index contributed by atoms with van der Waals surface area (Å²) in [6, 6.07) is 55.9. The van der Waals surface area contributed by atoms with E-state index < -0.39 is 0 Å². The van der Waals surface area contributed by atoms with Crippen LogP contribution in [0, 0.1) is 0 Å². The Morgan fingerprint density at radius 2 is 1.04 bits per heavy atom. The fourth-order valence-corrected chi connectivity index (χ4v) is 7.97. The molecular formula is C46H32N2. The van der Waals surface area contributed by atoms with E-state index >= 15 is 0 Å². The van der Waals surface area contributed by atoms with Gasteiger partial charge in [0.2, 0.25) is 0 Å². The van der Waals surface area contributed by atoms with E-state index in [2.05, 4.69) is 185 Å². The van der Waals surface area contributed by atoms with Crippen molar-refractivity contribution in [3.63, 3.8) is 0 Å². The van der Waals surface area contributed by atoms with E-state index in [9.17, 15) is 0 Å². The SMILES string of the molecule is C1=CCC(c2cccc(-n3c4ccccc4c4cc(-c5ccc6c(c5)c5ccccc5n6-c5cccc6ccccc56)ccc43)c2)C=C1. The van der Waals surface area contributed by atoms with Crippen molar-refractivity contribution in [2.75, 3.05) is 0 Å². The lowest BCUT2D eigenvalue weighted by Crippen LogP contribution is -1.99. The Morgan fingerprint density at radius 1 is 0.438 bits per heavy atom. The molecule has 0 amide bonds. The molecule has 7 aromatic carbocycles. The maximum Gasteiger partial charge on any atom is 0.0541 e. The summed E-state index contributed by atoms with van der Waals surface area (Å²) < 4.78 is 4.86. The molecule has 0 saturated heterocycles. The summed E-state index contributed by atoms with van der Waals surface area (Å²) in [5.74, 6) is 0.413. The third kappa shape index (κ3) is 4.13. The number of rotatable bonds is 4. The van der Waals surface area contributed by atoms with Crippen LogP contribution in [0.1, 0.15) is 17.9 Å². The number of aromatic nitrogens is 2. The van der Waals surface area contributed by atoms with E-state index in [4.69, 9.17) is 0 Å². The number of fused-ring (bicyclic) bond motifs is 7. The molecule has 226 valence electrons. The minimum absolute atomic E-state index is 0.413. The molecular weight excluding hydrogens is 581 g/mol. The average Bonchev–Trinajstić information content (AvgIpc) is 3.67. The Labute approximate surface area is 279 Å². The van der Waals surface area contributed by atoms with Crippen molar-refractivity contribution in [2.24, 2.45) is 0 Å². The smallest absolute Gasteiger partial charge is 0.0541 e. The fourth-order valence-electron chi connectivity index (χ4n) is 7.97. The van der Waals surface area contributed by atoms with Gasteiger partial charge in [-0.3, -0.25) is 0 Å². The summed E-state index contributed by atoms with van der Waals surface area (Å²) >= 11 is 0. The summed E-state index contributed by atoms with van der Waals surface area (Å²) in [6.07, 6.45) is 9.93. The van der Waals surface area contributed by atoms with Gasteiger partial charge in [-0.25, -0.2) is 0 Å². The molecule has 0 N–H and O–H groups in total. The van der Waals surface area contributed by atoms with Crippen LogP contribution in [0.3, 0.4) is 0 Å². The maximum atomic E-state index is 2.43. The van der Waals surface area contributed by atoms with E-state index in [-0.39, 0.29) is 0 Å². The van der Waals surface area contributed by atoms with Crippen LogP contribution >= 0.6 is 0 Å². The molecule has 2 heteroatoms. The third-order valence-corrected chi connectivity index (χ3v) is 10.2. The third-order valence-electron chi connectivity index (χ3n) is 10.2. The van der Waals surface area contributed by atoms with Gasteiger partial charge in [-0.05, 0) is 83.1 Å². The molecule has 48 heavy (non-hydrogen) atoms. The van der Waals surface area contributed by atoms with E-state index in [1.165, 1.54) is 82.4 Å². The van der Waals surface area contributed by atoms with Gasteiger partial charge in [-0.2, -0.15) is 0 Å². The van der Waals surface area contributed by atoms with E-state index in [0.717, 1.165) is 6.42 Å². The monoisotopic (exact) mass is 612 g/mol. The van der Waals surface area contributed by atoms with Crippen molar-refractivity contribution >= 4 is 54.4 Å². The molecule has 2 heterocycles. The molecule has 0 spiro atoms. The maximum absolute atomic E-state index is 2.43. The van der Waals surface area contributed by atoms with Gasteiger partial charge >= 0.3 is 0 Å². The van der Waals surface area contributed by atoms with Crippen molar-refractivity contribution in [1.29, 1.82) is 0 Å². The van der Waals surface area contributed by atoms with Gasteiger partial charge in [0.15, 0.2) is 0 Å². The van der Waals surface area contributed by atoms with Crippen LogP contribution < -0.4 is 0 Å². The summed E-state index contributed by atoms with van der Waals surface area (Å²) in [6.45, 7) is 0. The Morgan fingerprint density at radius 3 is 1.77 bits per heavy atom. The molecule has 1 aliphatic carbocycles. The predicted octanol–water partition coefficient (Wildman–Crippen LogP) is 12.3. The molecule has 0 saturated carbocycles. The molecule has 0 bridgehead atoms. The summed E-state index contributed by atoms with van der Waals surface area (Å²) in [5, 5.41) is 7.58. The summed E-state index contributed by atoms with van der Waals surface area (Å²) in [4.78, 5) is 0. The van der Waals surface area contributed by atoms with Gasteiger partial charge in [0.25, 0.3) is 0 Å². The van der Waals surface area contributed by atoms with Gasteiger partial charge < -0.3 is 9.13 Å². The molecule has 0 radical (unpaired) electrons. The number of hydrogen-bond acceptors (Lipinski definition) is 0. The Kier molecular flexibility index (Phi) is 6.04. The number of nitrogens with zero attached hydrogens (tertiary/aromatic N) is 2. The fraction of sp³-hybridized carbons (Fsp3) is 0.0435. The van der Waals surface area contributed by atoms with Crippen LogP contribution in [0.15, 0.2) is 176 Å². The van der Waals surface area contributed by atoms with Crippen LogP contribution in [0.4, 0.5) is 0 Å². The quantitative estimate of drug-likeness (QED) is 0.187. The zero-order valence-electron chi connectivity index (χ0n) is 26.4. The highest BCUT2D eigenvalue weighted by Gasteiger charge is 2.17. The molecule has 0 fully saturated rings. The van der Waals surface area contributed by atoms with Crippen LogP contribution in [0.5, 0.6) is 0 Å². The van der Waals surface area contributed by atoms with Gasteiger partial charge in [0.1, 0.15) is 0 Å². The number of para-hydroxylation sites is 2. The van der Waals surface area contributed by atoms with Crippen LogP contribution in [-0.2, 0) is 0 Å². The molecule has 1 atom stereocenters.